The summed E-state index contributed by atoms with van der Waals surface area (Å²) in [5.74, 6) is 0.456. The van der Waals surface area contributed by atoms with E-state index in [0.717, 1.165) is 37.7 Å². The van der Waals surface area contributed by atoms with E-state index in [4.69, 9.17) is 4.74 Å². The van der Waals surface area contributed by atoms with Gasteiger partial charge in [-0.05, 0) is 63.4 Å². The Labute approximate surface area is 197 Å². The number of nitrogens with one attached hydrogen (secondary N) is 1. The van der Waals surface area contributed by atoms with Crippen molar-refractivity contribution in [3.8, 4) is 17.0 Å². The van der Waals surface area contributed by atoms with Crippen LogP contribution in [0.4, 0.5) is 14.5 Å². The minimum atomic E-state index is -0.613. The maximum atomic E-state index is 14.9. The minimum absolute atomic E-state index is 0.0484. The van der Waals surface area contributed by atoms with Gasteiger partial charge in [0, 0.05) is 24.0 Å². The molecule has 3 aromatic rings. The Hall–Kier alpha value is -3.20. The Morgan fingerprint density at radius 2 is 1.76 bits per heavy atom. The zero-order valence-electron chi connectivity index (χ0n) is 19.4. The van der Waals surface area contributed by atoms with Gasteiger partial charge in [0.1, 0.15) is 23.9 Å². The zero-order valence-corrected chi connectivity index (χ0v) is 19.4. The van der Waals surface area contributed by atoms with Crippen LogP contribution < -0.4 is 15.0 Å². The number of hydrogen-bond donors (Lipinski definition) is 1. The second kappa shape index (κ2) is 9.58. The van der Waals surface area contributed by atoms with Crippen molar-refractivity contribution in [1.82, 2.24) is 25.3 Å². The van der Waals surface area contributed by atoms with Gasteiger partial charge >= 0.3 is 0 Å². The number of aromatic nitrogens is 4. The van der Waals surface area contributed by atoms with E-state index in [1.54, 1.807) is 6.07 Å². The summed E-state index contributed by atoms with van der Waals surface area (Å²) >= 11 is 0. The molecule has 1 saturated heterocycles. The van der Waals surface area contributed by atoms with E-state index in [0.29, 0.717) is 42.0 Å². The van der Waals surface area contributed by atoms with Gasteiger partial charge in [0.2, 0.25) is 0 Å². The lowest BCUT2D eigenvalue weighted by atomic mass is 9.92. The van der Waals surface area contributed by atoms with E-state index in [-0.39, 0.29) is 23.9 Å². The molecule has 7 nitrogen and oxygen atoms in total. The molecule has 1 N–H and O–H groups in total. The van der Waals surface area contributed by atoms with Crippen molar-refractivity contribution in [2.24, 2.45) is 0 Å². The van der Waals surface area contributed by atoms with Crippen LogP contribution >= 0.6 is 0 Å². The van der Waals surface area contributed by atoms with Gasteiger partial charge in [-0.3, -0.25) is 0 Å². The molecule has 2 aliphatic rings. The fourth-order valence-electron chi connectivity index (χ4n) is 4.63. The summed E-state index contributed by atoms with van der Waals surface area (Å²) in [5.41, 5.74) is 2.13. The van der Waals surface area contributed by atoms with Crippen LogP contribution in [0.2, 0.25) is 0 Å². The molecule has 0 spiro atoms. The van der Waals surface area contributed by atoms with E-state index < -0.39 is 11.6 Å². The first kappa shape index (κ1) is 22.6. The molecule has 178 valence electrons. The molecule has 1 aromatic carbocycles. The predicted octanol–water partition coefficient (Wildman–Crippen LogP) is 3.88. The summed E-state index contributed by atoms with van der Waals surface area (Å²) in [6.45, 7) is 7.10. The van der Waals surface area contributed by atoms with Crippen molar-refractivity contribution in [2.75, 3.05) is 31.1 Å². The highest BCUT2D eigenvalue weighted by Crippen LogP contribution is 2.39. The molecule has 0 unspecified atom stereocenters. The second-order valence-corrected chi connectivity index (χ2v) is 9.06. The maximum Gasteiger partial charge on any atom is 0.178 e. The number of anilines is 1. The second-order valence-electron chi connectivity index (χ2n) is 9.06. The van der Waals surface area contributed by atoms with Crippen LogP contribution in [0.1, 0.15) is 49.8 Å². The molecule has 0 atom stereocenters. The molecule has 34 heavy (non-hydrogen) atoms. The summed E-state index contributed by atoms with van der Waals surface area (Å²) < 4.78 is 35.2. The van der Waals surface area contributed by atoms with Crippen molar-refractivity contribution in [3.05, 3.63) is 59.6 Å². The van der Waals surface area contributed by atoms with Crippen LogP contribution in [0.25, 0.3) is 11.3 Å². The van der Waals surface area contributed by atoms with Gasteiger partial charge in [0.15, 0.2) is 17.4 Å². The monoisotopic (exact) mass is 466 g/mol. The summed E-state index contributed by atoms with van der Waals surface area (Å²) in [6.07, 6.45) is 7.25. The molecule has 9 heteroatoms. The van der Waals surface area contributed by atoms with E-state index in [1.807, 2.05) is 31.1 Å². The third-order valence-corrected chi connectivity index (χ3v) is 6.45. The number of rotatable bonds is 5. The third kappa shape index (κ3) is 4.57. The van der Waals surface area contributed by atoms with Gasteiger partial charge in [0.25, 0.3) is 0 Å². The third-order valence-electron chi connectivity index (χ3n) is 6.45. The van der Waals surface area contributed by atoms with E-state index in [1.165, 1.54) is 6.07 Å². The molecule has 0 saturated carbocycles. The molecule has 0 bridgehead atoms. The molecule has 0 radical (unpaired) electrons. The molecule has 5 rings (SSSR count). The lowest BCUT2D eigenvalue weighted by Gasteiger charge is -2.34. The number of fused-ring (bicyclic) bond motifs is 1. The fourth-order valence-corrected chi connectivity index (χ4v) is 4.63. The lowest BCUT2D eigenvalue weighted by molar-refractivity contribution is 0.287. The maximum absolute atomic E-state index is 14.9. The Morgan fingerprint density at radius 1 is 1.03 bits per heavy atom. The van der Waals surface area contributed by atoms with Crippen molar-refractivity contribution in [2.45, 2.75) is 45.1 Å². The summed E-state index contributed by atoms with van der Waals surface area (Å²) in [5, 5.41) is 3.36. The van der Waals surface area contributed by atoms with Gasteiger partial charge in [0.05, 0.1) is 24.8 Å². The minimum Gasteiger partial charge on any atom is -0.486 e. The van der Waals surface area contributed by atoms with Crippen molar-refractivity contribution in [3.63, 3.8) is 0 Å². The van der Waals surface area contributed by atoms with Crippen LogP contribution in [-0.4, -0.2) is 52.2 Å². The van der Waals surface area contributed by atoms with E-state index >= 15 is 0 Å². The molecule has 0 aliphatic carbocycles. The lowest BCUT2D eigenvalue weighted by Crippen LogP contribution is -2.38. The molecule has 0 amide bonds. The van der Waals surface area contributed by atoms with Crippen LogP contribution in [0.3, 0.4) is 0 Å². The average molecular weight is 467 g/mol. The normalized spacial score (nSPS) is 16.4. The Morgan fingerprint density at radius 3 is 2.50 bits per heavy atom. The molecular formula is C25H28F2N6O. The highest BCUT2D eigenvalue weighted by molar-refractivity contribution is 5.72. The van der Waals surface area contributed by atoms with Crippen LogP contribution in [0.5, 0.6) is 5.75 Å². The fraction of sp³-hybridized carbons (Fsp3) is 0.440. The van der Waals surface area contributed by atoms with E-state index in [9.17, 15) is 8.78 Å². The number of ether oxygens (including phenoxy) is 1. The highest BCUT2D eigenvalue weighted by Gasteiger charge is 2.26. The Balaban J connectivity index is 1.41. The molecular weight excluding hydrogens is 438 g/mol. The average Bonchev–Trinajstić information content (AvgIpc) is 2.86. The van der Waals surface area contributed by atoms with Crippen molar-refractivity contribution < 1.29 is 13.5 Å². The standard InChI is InChI=1S/C25H28F2N6O/c1-15(2)33-7-8-34-25-19(26)9-17(10-21(25)33)24-20(27)14-31-23(32-24)11-22-29-12-18(13-30-22)16-3-5-28-6-4-16/h9-10,12-16,28H,3-8,11H2,1-2H3. The molecule has 1 fully saturated rings. The number of hydrogen-bond acceptors (Lipinski definition) is 7. The van der Waals surface area contributed by atoms with Gasteiger partial charge in [-0.25, -0.2) is 28.7 Å². The van der Waals surface area contributed by atoms with Gasteiger partial charge in [-0.1, -0.05) is 0 Å². The van der Waals surface area contributed by atoms with Gasteiger partial charge in [-0.15, -0.1) is 0 Å². The van der Waals surface area contributed by atoms with Gasteiger partial charge < -0.3 is 15.0 Å². The number of halogens is 2. The van der Waals surface area contributed by atoms with Crippen molar-refractivity contribution in [1.29, 1.82) is 0 Å². The molecule has 2 aliphatic heterocycles. The predicted molar refractivity (Wildman–Crippen MR) is 125 cm³/mol. The highest BCUT2D eigenvalue weighted by atomic mass is 19.1. The van der Waals surface area contributed by atoms with Gasteiger partial charge in [-0.2, -0.15) is 0 Å². The van der Waals surface area contributed by atoms with Crippen LogP contribution in [0, 0.1) is 11.6 Å². The number of nitrogens with zero attached hydrogens (tertiary/aromatic N) is 5. The topological polar surface area (TPSA) is 76.1 Å². The van der Waals surface area contributed by atoms with Crippen LogP contribution in [0.15, 0.2) is 30.7 Å². The van der Waals surface area contributed by atoms with Crippen LogP contribution in [-0.2, 0) is 6.42 Å². The SMILES string of the molecule is CC(C)N1CCOc2c(F)cc(-c3nc(Cc4ncc(C5CCNCC5)cn4)ncc3F)cc21. The quantitative estimate of drug-likeness (QED) is 0.612. The molecule has 4 heterocycles. The number of benzene rings is 1. The smallest absolute Gasteiger partial charge is 0.178 e. The Bertz CT molecular complexity index is 1160. The first-order valence-electron chi connectivity index (χ1n) is 11.8. The summed E-state index contributed by atoms with van der Waals surface area (Å²) in [4.78, 5) is 19.5. The van der Waals surface area contributed by atoms with Crippen molar-refractivity contribution >= 4 is 5.69 Å². The molecule has 2 aromatic heterocycles. The summed E-state index contributed by atoms with van der Waals surface area (Å²) in [6, 6.07) is 3.15. The number of piperidine rings is 1. The Kier molecular flexibility index (Phi) is 6.36. The zero-order chi connectivity index (χ0) is 23.7. The summed E-state index contributed by atoms with van der Waals surface area (Å²) in [7, 11) is 0. The first-order chi connectivity index (χ1) is 16.5. The largest absolute Gasteiger partial charge is 0.486 e. The van der Waals surface area contributed by atoms with E-state index in [2.05, 4.69) is 25.3 Å². The first-order valence-corrected chi connectivity index (χ1v) is 11.8.